The Kier molecular flexibility index (Phi) is 1140. The van der Waals surface area contributed by atoms with E-state index in [4.69, 9.17) is 0 Å². The van der Waals surface area contributed by atoms with E-state index in [2.05, 4.69) is 0 Å². The van der Waals surface area contributed by atoms with Crippen LogP contribution in [0.1, 0.15) is 0 Å². The minimum atomic E-state index is 0. The van der Waals surface area contributed by atoms with Crippen molar-refractivity contribution in [3.8, 4) is 0 Å². The minimum Gasteiger partial charge on any atom is -2.00 e. The molecule has 0 amide bonds. The molecule has 5 heteroatoms. The summed E-state index contributed by atoms with van der Waals surface area (Å²) in [6.07, 6.45) is 0. The molecule has 0 saturated heterocycles. The fraction of sp³-hybridized carbons (Fsp3) is 0. The number of hydrogen-bond acceptors (Lipinski definition) is 0. The predicted octanol–water partition coefficient (Wildman–Crippen LogP) is -0.361. The monoisotopic (exact) mass is 189 g/mol. The van der Waals surface area contributed by atoms with Crippen molar-refractivity contribution in [2.24, 2.45) is 0 Å². The van der Waals surface area contributed by atoms with Crippen molar-refractivity contribution in [3.63, 3.8) is 0 Å². The van der Waals surface area contributed by atoms with E-state index in [1.165, 1.54) is 0 Å². The summed E-state index contributed by atoms with van der Waals surface area (Å²) in [4.78, 5) is 0. The fourth-order valence-corrected chi connectivity index (χ4v) is 0. The molecule has 0 atom stereocenters. The second-order valence-electron chi connectivity index (χ2n) is 0. The largest absolute Gasteiger partial charge is 5.00 e. The zero-order chi connectivity index (χ0) is 0. The summed E-state index contributed by atoms with van der Waals surface area (Å²) in [6, 6.07) is 0. The molecule has 0 aromatic heterocycles. The summed E-state index contributed by atoms with van der Waals surface area (Å²) < 4.78 is 0. The normalized spacial score (nSPS) is 0. The maximum Gasteiger partial charge on any atom is 5.00 e. The molecule has 0 spiro atoms. The van der Waals surface area contributed by atoms with Gasteiger partial charge in [-0.3, -0.25) is 0 Å². The Morgan fingerprint density at radius 3 is 0.600 bits per heavy atom. The van der Waals surface area contributed by atoms with Gasteiger partial charge in [0, 0.05) is 0 Å². The van der Waals surface area contributed by atoms with E-state index >= 15 is 0 Å². The van der Waals surface area contributed by atoms with Crippen LogP contribution in [-0.2, 0) is 60.5 Å². The third-order valence-electron chi connectivity index (χ3n) is 0. The molecule has 3 nitrogen and oxygen atoms in total. The topological polar surface area (TPSA) is 85.5 Å². The van der Waals surface area contributed by atoms with Gasteiger partial charge in [0.05, 0.1) is 0 Å². The molecule has 0 heterocycles. The Balaban J connectivity index is 0. The van der Waals surface area contributed by atoms with E-state index in [0.29, 0.717) is 0 Å². The van der Waals surface area contributed by atoms with Crippen LogP contribution in [0.2, 0.25) is 0 Å². The standard InChI is InChI=1S/Nb.3O.Ti/q+5;3*-2;+4. The zero-order valence-corrected chi connectivity index (χ0v) is 5.93. The third kappa shape index (κ3) is 33.3. The molecule has 0 aliphatic carbocycles. The van der Waals surface area contributed by atoms with Gasteiger partial charge in [0.1, 0.15) is 0 Å². The van der Waals surface area contributed by atoms with Crippen molar-refractivity contribution in [3.05, 3.63) is 0 Å². The summed E-state index contributed by atoms with van der Waals surface area (Å²) in [5.74, 6) is 0. The van der Waals surface area contributed by atoms with E-state index in [-0.39, 0.29) is 60.5 Å². The third-order valence-corrected chi connectivity index (χ3v) is 0. The Hall–Kier alpha value is 1.33. The average Bonchev–Trinajstić information content (AvgIpc) is 0. The zero-order valence-electron chi connectivity index (χ0n) is 2.17. The summed E-state index contributed by atoms with van der Waals surface area (Å²) in [7, 11) is 0. The molecule has 0 aromatic carbocycles. The van der Waals surface area contributed by atoms with Gasteiger partial charge >= 0.3 is 44.1 Å². The number of hydrogen-bond donors (Lipinski definition) is 0. The minimum absolute atomic E-state index is 0. The Morgan fingerprint density at radius 1 is 0.600 bits per heavy atom. The molecule has 0 rings (SSSR count). The first-order valence-corrected chi connectivity index (χ1v) is 0. The van der Waals surface area contributed by atoms with E-state index in [0.717, 1.165) is 0 Å². The molecule has 0 N–H and O–H groups in total. The Labute approximate surface area is 60.5 Å². The van der Waals surface area contributed by atoms with Gasteiger partial charge in [0.25, 0.3) is 0 Å². The number of rotatable bonds is 0. The maximum absolute atomic E-state index is 0. The van der Waals surface area contributed by atoms with E-state index < -0.39 is 0 Å². The first kappa shape index (κ1) is 101. The van der Waals surface area contributed by atoms with Crippen molar-refractivity contribution in [1.82, 2.24) is 0 Å². The van der Waals surface area contributed by atoms with Crippen LogP contribution in [0.15, 0.2) is 0 Å². The molecule has 0 bridgehead atoms. The first-order valence-electron chi connectivity index (χ1n) is 0. The molecule has 0 radical (unpaired) electrons. The smallest absolute Gasteiger partial charge is 2.00 e. The second-order valence-corrected chi connectivity index (χ2v) is 0. The Morgan fingerprint density at radius 2 is 0.600 bits per heavy atom. The molecule has 0 fully saturated rings. The second kappa shape index (κ2) is 56.3. The van der Waals surface area contributed by atoms with Crippen molar-refractivity contribution < 1.29 is 60.5 Å². The molecule has 0 aromatic rings. The molecule has 0 saturated carbocycles. The predicted molar refractivity (Wildman–Crippen MR) is 2.06 cm³/mol. The first-order chi connectivity index (χ1) is 0. The summed E-state index contributed by atoms with van der Waals surface area (Å²) in [5.41, 5.74) is 0. The van der Waals surface area contributed by atoms with Gasteiger partial charge in [-0.05, 0) is 0 Å². The van der Waals surface area contributed by atoms with Gasteiger partial charge in [0.15, 0.2) is 0 Å². The summed E-state index contributed by atoms with van der Waals surface area (Å²) in [5, 5.41) is 0. The van der Waals surface area contributed by atoms with E-state index in [1.807, 2.05) is 0 Å². The van der Waals surface area contributed by atoms with Crippen LogP contribution >= 0.6 is 0 Å². The molecule has 0 aliphatic heterocycles. The van der Waals surface area contributed by atoms with Crippen LogP contribution in [0, 0.1) is 0 Å². The van der Waals surface area contributed by atoms with Crippen molar-refractivity contribution in [2.75, 3.05) is 0 Å². The van der Waals surface area contributed by atoms with Crippen molar-refractivity contribution in [2.45, 2.75) is 0 Å². The van der Waals surface area contributed by atoms with Crippen LogP contribution in [0.3, 0.4) is 0 Å². The van der Waals surface area contributed by atoms with E-state index in [9.17, 15) is 0 Å². The van der Waals surface area contributed by atoms with Crippen LogP contribution in [-0.4, -0.2) is 0 Å². The Bertz CT molecular complexity index is 6.85. The molecule has 0 aliphatic rings. The van der Waals surface area contributed by atoms with Gasteiger partial charge < -0.3 is 16.4 Å². The molecule has 0 unspecified atom stereocenters. The van der Waals surface area contributed by atoms with Crippen LogP contribution in [0.5, 0.6) is 0 Å². The average molecular weight is 189 g/mol. The molecular formula is NbO3Ti+3. The van der Waals surface area contributed by atoms with Gasteiger partial charge in [-0.15, -0.1) is 0 Å². The van der Waals surface area contributed by atoms with Gasteiger partial charge in [-0.1, -0.05) is 0 Å². The quantitative estimate of drug-likeness (QED) is 0.465. The van der Waals surface area contributed by atoms with Crippen LogP contribution in [0.4, 0.5) is 0 Å². The summed E-state index contributed by atoms with van der Waals surface area (Å²) in [6.45, 7) is 0. The SMILES string of the molecule is [Nb+5].[O-2].[O-2].[O-2].[Ti+4]. The fourth-order valence-electron chi connectivity index (χ4n) is 0. The molecular weight excluding hydrogens is 189 g/mol. The van der Waals surface area contributed by atoms with Crippen molar-refractivity contribution >= 4 is 0 Å². The van der Waals surface area contributed by atoms with Crippen molar-refractivity contribution in [1.29, 1.82) is 0 Å². The van der Waals surface area contributed by atoms with Crippen LogP contribution < -0.4 is 0 Å². The maximum atomic E-state index is 0. The van der Waals surface area contributed by atoms with Gasteiger partial charge in [-0.25, -0.2) is 0 Å². The molecule has 5 heavy (non-hydrogen) atoms. The summed E-state index contributed by atoms with van der Waals surface area (Å²) >= 11 is 0. The van der Waals surface area contributed by atoms with Gasteiger partial charge in [0.2, 0.25) is 0 Å². The van der Waals surface area contributed by atoms with Crippen LogP contribution in [0.25, 0.3) is 0 Å². The van der Waals surface area contributed by atoms with Gasteiger partial charge in [-0.2, -0.15) is 0 Å². The van der Waals surface area contributed by atoms with E-state index in [1.54, 1.807) is 0 Å². The molecule has 24 valence electrons.